The molecule has 0 N–H and O–H groups in total. The van der Waals surface area contributed by atoms with Crippen molar-refractivity contribution in [1.29, 1.82) is 0 Å². The van der Waals surface area contributed by atoms with Crippen molar-refractivity contribution in [2.75, 3.05) is 0 Å². The van der Waals surface area contributed by atoms with E-state index in [2.05, 4.69) is 4.98 Å². The highest BCUT2D eigenvalue weighted by molar-refractivity contribution is 14.1. The van der Waals surface area contributed by atoms with Crippen LogP contribution in [-0.4, -0.2) is 4.98 Å². The lowest BCUT2D eigenvalue weighted by atomic mass is 10.3. The van der Waals surface area contributed by atoms with E-state index >= 15 is 0 Å². The van der Waals surface area contributed by atoms with Crippen LogP contribution >= 0.6 is 22.6 Å². The largest absolute Gasteiger partial charge is 0.281 e. The Hall–Kier alpha value is -0.330. The molecule has 5 heteroatoms. The second-order valence-corrected chi connectivity index (χ2v) is 3.27. The molecule has 0 unspecified atom stereocenters. The first-order valence-electron chi connectivity index (χ1n) is 3.14. The topological polar surface area (TPSA) is 12.9 Å². The van der Waals surface area contributed by atoms with Gasteiger partial charge in [-0.25, -0.2) is 18.2 Å². The molecule has 0 saturated carbocycles. The van der Waals surface area contributed by atoms with Gasteiger partial charge in [0, 0.05) is 3.57 Å². The molecular formula is C7H5F3IN. The van der Waals surface area contributed by atoms with E-state index in [-0.39, 0.29) is 11.4 Å². The van der Waals surface area contributed by atoms with E-state index in [1.54, 1.807) is 22.6 Å². The summed E-state index contributed by atoms with van der Waals surface area (Å²) in [5.41, 5.74) is -0.295. The molecule has 0 aliphatic rings. The van der Waals surface area contributed by atoms with Gasteiger partial charge >= 0.3 is 0 Å². The van der Waals surface area contributed by atoms with Gasteiger partial charge in [0.05, 0.1) is 5.69 Å². The lowest BCUT2D eigenvalue weighted by Crippen LogP contribution is -1.97. The summed E-state index contributed by atoms with van der Waals surface area (Å²) in [4.78, 5) is 3.46. The smallest absolute Gasteiger partial charge is 0.248 e. The fourth-order valence-electron chi connectivity index (χ4n) is 0.728. The predicted molar refractivity (Wildman–Crippen MR) is 46.7 cm³/mol. The number of halogens is 4. The Morgan fingerprint density at radius 3 is 2.58 bits per heavy atom. The summed E-state index contributed by atoms with van der Waals surface area (Å²) in [5.74, 6) is 0. The van der Waals surface area contributed by atoms with E-state index < -0.39 is 13.1 Å². The zero-order valence-electron chi connectivity index (χ0n) is 5.90. The second kappa shape index (κ2) is 4.06. The van der Waals surface area contributed by atoms with Gasteiger partial charge in [-0.3, -0.25) is 0 Å². The van der Waals surface area contributed by atoms with Crippen LogP contribution in [0.3, 0.4) is 0 Å². The van der Waals surface area contributed by atoms with Crippen molar-refractivity contribution >= 4 is 22.6 Å². The molecule has 0 aliphatic carbocycles. The number of hydrogen-bond acceptors (Lipinski definition) is 1. The van der Waals surface area contributed by atoms with Gasteiger partial charge in [-0.05, 0) is 34.7 Å². The minimum absolute atomic E-state index is 0.0470. The maximum Gasteiger partial charge on any atom is 0.281 e. The molecule has 66 valence electrons. The van der Waals surface area contributed by atoms with Gasteiger partial charge in [-0.2, -0.15) is 0 Å². The third kappa shape index (κ3) is 2.09. The molecule has 1 rings (SSSR count). The lowest BCUT2D eigenvalue weighted by molar-refractivity contribution is 0.144. The van der Waals surface area contributed by atoms with Crippen molar-refractivity contribution in [3.8, 4) is 0 Å². The minimum Gasteiger partial charge on any atom is -0.248 e. The first-order chi connectivity index (χ1) is 5.65. The summed E-state index contributed by atoms with van der Waals surface area (Å²) >= 11 is 1.74. The molecule has 0 amide bonds. The van der Waals surface area contributed by atoms with E-state index in [4.69, 9.17) is 0 Å². The minimum atomic E-state index is -2.64. The number of pyridine rings is 1. The number of alkyl halides is 3. The Bertz CT molecular complexity index is 277. The van der Waals surface area contributed by atoms with Gasteiger partial charge in [-0.15, -0.1) is 0 Å². The monoisotopic (exact) mass is 287 g/mol. The Morgan fingerprint density at radius 1 is 1.42 bits per heavy atom. The van der Waals surface area contributed by atoms with Crippen LogP contribution in [0.4, 0.5) is 13.2 Å². The molecule has 1 aromatic heterocycles. The number of hydrogen-bond donors (Lipinski definition) is 0. The maximum atomic E-state index is 12.2. The summed E-state index contributed by atoms with van der Waals surface area (Å²) in [6, 6.07) is 2.83. The molecule has 12 heavy (non-hydrogen) atoms. The van der Waals surface area contributed by atoms with Crippen LogP contribution in [0.1, 0.15) is 17.8 Å². The average molecular weight is 287 g/mol. The van der Waals surface area contributed by atoms with Crippen LogP contribution in [0.5, 0.6) is 0 Å². The normalized spacial score (nSPS) is 10.8. The predicted octanol–water partition coefficient (Wildman–Crippen LogP) is 3.09. The SMILES string of the molecule is FCc1ccc(I)c(C(F)F)n1. The van der Waals surface area contributed by atoms with Crippen LogP contribution in [0.2, 0.25) is 0 Å². The Balaban J connectivity index is 3.08. The highest BCUT2D eigenvalue weighted by Gasteiger charge is 2.13. The number of aromatic nitrogens is 1. The Morgan fingerprint density at radius 2 is 2.08 bits per heavy atom. The van der Waals surface area contributed by atoms with E-state index in [0.717, 1.165) is 0 Å². The van der Waals surface area contributed by atoms with E-state index in [9.17, 15) is 13.2 Å². The van der Waals surface area contributed by atoms with E-state index in [1.165, 1.54) is 12.1 Å². The van der Waals surface area contributed by atoms with Crippen molar-refractivity contribution in [3.05, 3.63) is 27.1 Å². The molecule has 0 aliphatic heterocycles. The van der Waals surface area contributed by atoms with Crippen LogP contribution in [0.25, 0.3) is 0 Å². The summed E-state index contributed by atoms with van der Waals surface area (Å²) in [6.45, 7) is -0.809. The summed E-state index contributed by atoms with van der Waals surface area (Å²) in [6.07, 6.45) is -2.64. The van der Waals surface area contributed by atoms with Crippen molar-refractivity contribution < 1.29 is 13.2 Å². The highest BCUT2D eigenvalue weighted by atomic mass is 127. The quantitative estimate of drug-likeness (QED) is 0.762. The van der Waals surface area contributed by atoms with Crippen LogP contribution < -0.4 is 0 Å². The van der Waals surface area contributed by atoms with E-state index in [0.29, 0.717) is 3.57 Å². The fraction of sp³-hybridized carbons (Fsp3) is 0.286. The van der Waals surface area contributed by atoms with Crippen molar-refractivity contribution in [2.24, 2.45) is 0 Å². The molecule has 0 saturated heterocycles. The van der Waals surface area contributed by atoms with Gasteiger partial charge < -0.3 is 0 Å². The third-order valence-corrected chi connectivity index (χ3v) is 2.19. The lowest BCUT2D eigenvalue weighted by Gasteiger charge is -2.02. The Kier molecular flexibility index (Phi) is 3.30. The van der Waals surface area contributed by atoms with Gasteiger partial charge in [0.15, 0.2) is 0 Å². The molecule has 1 heterocycles. The summed E-state index contributed by atoms with van der Waals surface area (Å²) in [5, 5.41) is 0. The van der Waals surface area contributed by atoms with Gasteiger partial charge in [0.1, 0.15) is 12.4 Å². The van der Waals surface area contributed by atoms with Gasteiger partial charge in [0.25, 0.3) is 6.43 Å². The third-order valence-electron chi connectivity index (χ3n) is 1.27. The van der Waals surface area contributed by atoms with Crippen molar-refractivity contribution in [1.82, 2.24) is 4.98 Å². The molecule has 0 fully saturated rings. The molecule has 0 spiro atoms. The molecule has 0 radical (unpaired) electrons. The highest BCUT2D eigenvalue weighted by Crippen LogP contribution is 2.22. The average Bonchev–Trinajstić information content (AvgIpc) is 2.05. The van der Waals surface area contributed by atoms with Crippen LogP contribution in [-0.2, 0) is 6.67 Å². The van der Waals surface area contributed by atoms with Crippen LogP contribution in [0, 0.1) is 3.57 Å². The second-order valence-electron chi connectivity index (χ2n) is 2.10. The number of rotatable bonds is 2. The van der Waals surface area contributed by atoms with Crippen molar-refractivity contribution in [2.45, 2.75) is 13.1 Å². The zero-order chi connectivity index (χ0) is 9.14. The summed E-state index contributed by atoms with van der Waals surface area (Å²) in [7, 11) is 0. The standard InChI is InChI=1S/C7H5F3IN/c8-3-4-1-2-5(11)6(12-4)7(9)10/h1-2,7H,3H2. The first kappa shape index (κ1) is 9.76. The molecular weight excluding hydrogens is 282 g/mol. The molecule has 0 bridgehead atoms. The molecule has 1 aromatic rings. The summed E-state index contributed by atoms with van der Waals surface area (Å²) < 4.78 is 36.7. The van der Waals surface area contributed by atoms with Crippen LogP contribution in [0.15, 0.2) is 12.1 Å². The molecule has 0 atom stereocenters. The maximum absolute atomic E-state index is 12.2. The van der Waals surface area contributed by atoms with Gasteiger partial charge in [0.2, 0.25) is 0 Å². The fourth-order valence-corrected chi connectivity index (χ4v) is 1.26. The molecule has 0 aromatic carbocycles. The first-order valence-corrected chi connectivity index (χ1v) is 4.22. The Labute approximate surface area is 81.1 Å². The zero-order valence-corrected chi connectivity index (χ0v) is 8.06. The van der Waals surface area contributed by atoms with Crippen molar-refractivity contribution in [3.63, 3.8) is 0 Å². The van der Waals surface area contributed by atoms with E-state index in [1.807, 2.05) is 0 Å². The van der Waals surface area contributed by atoms with Gasteiger partial charge in [-0.1, -0.05) is 0 Å². The number of nitrogens with zero attached hydrogens (tertiary/aromatic N) is 1. The molecule has 1 nitrogen and oxygen atoms in total.